The van der Waals surface area contributed by atoms with Crippen molar-refractivity contribution in [1.29, 1.82) is 0 Å². The van der Waals surface area contributed by atoms with Gasteiger partial charge in [0.1, 0.15) is 6.61 Å². The van der Waals surface area contributed by atoms with Gasteiger partial charge in [-0.25, -0.2) is 9.59 Å². The molecule has 1 aromatic rings. The van der Waals surface area contributed by atoms with Crippen LogP contribution in [0.15, 0.2) is 42.5 Å². The van der Waals surface area contributed by atoms with Crippen molar-refractivity contribution in [2.45, 2.75) is 58.5 Å². The number of benzene rings is 1. The molecule has 1 aromatic carbocycles. The number of hydrogen-bond acceptors (Lipinski definition) is 7. The fraction of sp³-hybridized carbons (Fsp3) is 0.520. The Kier molecular flexibility index (Phi) is 6.49. The van der Waals surface area contributed by atoms with E-state index in [0.29, 0.717) is 5.06 Å². The largest absolute Gasteiger partial charge is 0.445 e. The zero-order chi connectivity index (χ0) is 24.6. The second-order valence-corrected chi connectivity index (χ2v) is 10.0. The Morgan fingerprint density at radius 2 is 1.65 bits per heavy atom. The summed E-state index contributed by atoms with van der Waals surface area (Å²) in [5.41, 5.74) is 0.146. The summed E-state index contributed by atoms with van der Waals surface area (Å²) in [6, 6.07) is 7.77. The zero-order valence-corrected chi connectivity index (χ0v) is 19.7. The highest BCUT2D eigenvalue weighted by atomic mass is 16.7. The maximum atomic E-state index is 13.1. The fourth-order valence-electron chi connectivity index (χ4n) is 5.00. The van der Waals surface area contributed by atoms with Crippen LogP contribution in [0.2, 0.25) is 0 Å². The molecule has 1 aliphatic heterocycles. The number of fused-ring (bicyclic) bond motifs is 5. The summed E-state index contributed by atoms with van der Waals surface area (Å²) >= 11 is 0. The minimum Gasteiger partial charge on any atom is -0.445 e. The second kappa shape index (κ2) is 9.21. The van der Waals surface area contributed by atoms with Crippen LogP contribution in [0.3, 0.4) is 0 Å². The predicted octanol–water partition coefficient (Wildman–Crippen LogP) is 2.75. The van der Waals surface area contributed by atoms with Crippen LogP contribution in [0.5, 0.6) is 0 Å². The van der Waals surface area contributed by atoms with E-state index < -0.39 is 53.5 Å². The predicted molar refractivity (Wildman–Crippen MR) is 120 cm³/mol. The molecule has 0 spiro atoms. The van der Waals surface area contributed by atoms with E-state index in [1.807, 2.05) is 30.4 Å². The van der Waals surface area contributed by atoms with E-state index in [1.165, 1.54) is 0 Å². The molecule has 1 saturated carbocycles. The van der Waals surface area contributed by atoms with Crippen LogP contribution < -0.4 is 5.32 Å². The summed E-state index contributed by atoms with van der Waals surface area (Å²) in [7, 11) is 0. The number of ether oxygens (including phenoxy) is 2. The van der Waals surface area contributed by atoms with Crippen molar-refractivity contribution in [2.24, 2.45) is 23.7 Å². The molecular formula is C25H30N2O7. The number of carbonyl (C=O) groups excluding carboxylic acids is 4. The Morgan fingerprint density at radius 1 is 1.06 bits per heavy atom. The maximum absolute atomic E-state index is 13.1. The summed E-state index contributed by atoms with van der Waals surface area (Å²) in [6.45, 7) is 7.01. The van der Waals surface area contributed by atoms with Gasteiger partial charge in [0, 0.05) is 0 Å². The van der Waals surface area contributed by atoms with E-state index in [0.717, 1.165) is 12.0 Å². The highest BCUT2D eigenvalue weighted by molar-refractivity contribution is 6.06. The molecule has 2 bridgehead atoms. The number of nitrogens with one attached hydrogen (secondary N) is 1. The van der Waals surface area contributed by atoms with Crippen molar-refractivity contribution < 1.29 is 33.5 Å². The molecular weight excluding hydrogens is 440 g/mol. The standard InChI is InChI=1S/C25H30N2O7/c1-14(33-25(2,3)4)20(26-24(31)32-13-15-8-6-5-7-9-15)23(30)34-27-21(28)18-16-10-11-17(12-16)19(18)22(27)29/h5-11,14,16-20H,12-13H2,1-4H3,(H,26,31)/t14-,16-,17-,18-,19-,20+/m0/s1. The molecule has 34 heavy (non-hydrogen) atoms. The molecule has 0 radical (unpaired) electrons. The van der Waals surface area contributed by atoms with Gasteiger partial charge < -0.3 is 19.6 Å². The minimum absolute atomic E-state index is 0.00514. The van der Waals surface area contributed by atoms with Crippen LogP contribution in [-0.2, 0) is 35.3 Å². The minimum atomic E-state index is -1.31. The number of alkyl carbamates (subject to hydrolysis) is 1. The Bertz CT molecular complexity index is 970. The lowest BCUT2D eigenvalue weighted by Crippen LogP contribution is -2.53. The molecule has 3 aliphatic rings. The van der Waals surface area contributed by atoms with Crippen molar-refractivity contribution in [3.63, 3.8) is 0 Å². The van der Waals surface area contributed by atoms with Gasteiger partial charge in [0.15, 0.2) is 6.04 Å². The van der Waals surface area contributed by atoms with Crippen LogP contribution >= 0.6 is 0 Å². The molecule has 2 fully saturated rings. The molecule has 0 aromatic heterocycles. The third kappa shape index (κ3) is 4.84. The Labute approximate surface area is 198 Å². The maximum Gasteiger partial charge on any atom is 0.408 e. The third-order valence-corrected chi connectivity index (χ3v) is 6.36. The van der Waals surface area contributed by atoms with E-state index >= 15 is 0 Å². The monoisotopic (exact) mass is 470 g/mol. The molecule has 4 rings (SSSR count). The fourth-order valence-corrected chi connectivity index (χ4v) is 5.00. The molecule has 2 aliphatic carbocycles. The number of carbonyl (C=O) groups is 4. The summed E-state index contributed by atoms with van der Waals surface area (Å²) < 4.78 is 11.1. The Balaban J connectivity index is 1.44. The van der Waals surface area contributed by atoms with Crippen LogP contribution in [0.4, 0.5) is 4.79 Å². The van der Waals surface area contributed by atoms with Gasteiger partial charge in [0.25, 0.3) is 11.8 Å². The van der Waals surface area contributed by atoms with Crippen LogP contribution in [-0.4, -0.2) is 46.7 Å². The van der Waals surface area contributed by atoms with Gasteiger partial charge in [-0.15, -0.1) is 5.06 Å². The summed E-state index contributed by atoms with van der Waals surface area (Å²) in [6.07, 6.45) is 2.99. The first kappa shape index (κ1) is 23.9. The molecule has 6 atom stereocenters. The molecule has 1 N–H and O–H groups in total. The molecule has 182 valence electrons. The highest BCUT2D eigenvalue weighted by Crippen LogP contribution is 2.52. The van der Waals surface area contributed by atoms with Crippen molar-refractivity contribution in [1.82, 2.24) is 10.4 Å². The number of allylic oxidation sites excluding steroid dienone is 2. The smallest absolute Gasteiger partial charge is 0.408 e. The van der Waals surface area contributed by atoms with Crippen molar-refractivity contribution in [3.05, 3.63) is 48.0 Å². The molecule has 1 heterocycles. The van der Waals surface area contributed by atoms with Gasteiger partial charge in [0.05, 0.1) is 23.5 Å². The van der Waals surface area contributed by atoms with Crippen LogP contribution in [0.25, 0.3) is 0 Å². The van der Waals surface area contributed by atoms with Gasteiger partial charge >= 0.3 is 12.1 Å². The SMILES string of the molecule is C[C@H](OC(C)(C)C)[C@@H](NC(=O)OCc1ccccc1)C(=O)ON1C(=O)[C@@H]2[C@@H](C1=O)[C@H]1C=C[C@H]2C1. The number of hydroxylamine groups is 2. The average molecular weight is 471 g/mol. The number of amides is 3. The van der Waals surface area contributed by atoms with Gasteiger partial charge in [-0.3, -0.25) is 9.59 Å². The third-order valence-electron chi connectivity index (χ3n) is 6.36. The first-order chi connectivity index (χ1) is 16.0. The van der Waals surface area contributed by atoms with Crippen LogP contribution in [0, 0.1) is 23.7 Å². The number of rotatable bonds is 7. The lowest BCUT2D eigenvalue weighted by atomic mass is 9.85. The van der Waals surface area contributed by atoms with Crippen molar-refractivity contribution in [2.75, 3.05) is 0 Å². The molecule has 3 amide bonds. The van der Waals surface area contributed by atoms with Crippen molar-refractivity contribution >= 4 is 23.9 Å². The van der Waals surface area contributed by atoms with E-state index in [2.05, 4.69) is 5.32 Å². The average Bonchev–Trinajstić information content (AvgIpc) is 3.45. The number of hydrogen-bond donors (Lipinski definition) is 1. The van der Waals surface area contributed by atoms with E-state index in [1.54, 1.807) is 39.8 Å². The van der Waals surface area contributed by atoms with Crippen LogP contribution in [0.1, 0.15) is 39.7 Å². The Morgan fingerprint density at radius 3 is 2.21 bits per heavy atom. The summed E-state index contributed by atoms with van der Waals surface area (Å²) in [5, 5.41) is 3.04. The number of nitrogens with zero attached hydrogens (tertiary/aromatic N) is 1. The normalized spacial score (nSPS) is 26.9. The van der Waals surface area contributed by atoms with Crippen molar-refractivity contribution in [3.8, 4) is 0 Å². The quantitative estimate of drug-likeness (QED) is 0.482. The number of imide groups is 1. The summed E-state index contributed by atoms with van der Waals surface area (Å²) in [5.74, 6) is -3.04. The highest BCUT2D eigenvalue weighted by Gasteiger charge is 2.61. The van der Waals surface area contributed by atoms with Gasteiger partial charge in [0.2, 0.25) is 0 Å². The molecule has 9 nitrogen and oxygen atoms in total. The zero-order valence-electron chi connectivity index (χ0n) is 19.7. The molecule has 0 unspecified atom stereocenters. The first-order valence-electron chi connectivity index (χ1n) is 11.5. The Hall–Kier alpha value is -3.20. The summed E-state index contributed by atoms with van der Waals surface area (Å²) in [4.78, 5) is 56.6. The topological polar surface area (TPSA) is 111 Å². The van der Waals surface area contributed by atoms with Gasteiger partial charge in [-0.05, 0) is 51.5 Å². The van der Waals surface area contributed by atoms with E-state index in [9.17, 15) is 19.2 Å². The molecule has 9 heteroatoms. The second-order valence-electron chi connectivity index (χ2n) is 10.0. The lowest BCUT2D eigenvalue weighted by molar-refractivity contribution is -0.204. The molecule has 1 saturated heterocycles. The first-order valence-corrected chi connectivity index (χ1v) is 11.5. The van der Waals surface area contributed by atoms with Gasteiger partial charge in [-0.1, -0.05) is 42.5 Å². The lowest BCUT2D eigenvalue weighted by Gasteiger charge is -2.30. The van der Waals surface area contributed by atoms with E-state index in [4.69, 9.17) is 14.3 Å². The van der Waals surface area contributed by atoms with E-state index in [-0.39, 0.29) is 18.4 Å². The van der Waals surface area contributed by atoms with Gasteiger partial charge in [-0.2, -0.15) is 0 Å².